The largest absolute Gasteiger partial charge is 0.489 e. The van der Waals surface area contributed by atoms with Crippen molar-refractivity contribution in [3.05, 3.63) is 28.8 Å². The Labute approximate surface area is 108 Å². The van der Waals surface area contributed by atoms with Crippen LogP contribution in [-0.4, -0.2) is 24.4 Å². The molecule has 0 bridgehead atoms. The number of rotatable bonds is 7. The summed E-state index contributed by atoms with van der Waals surface area (Å²) in [5, 5.41) is 12.5. The molecule has 1 rings (SSSR count). The summed E-state index contributed by atoms with van der Waals surface area (Å²) in [5.41, 5.74) is 1.11. The van der Waals surface area contributed by atoms with Gasteiger partial charge in [0.25, 0.3) is 0 Å². The molecule has 3 nitrogen and oxygen atoms in total. The van der Waals surface area contributed by atoms with Gasteiger partial charge in [-0.15, -0.1) is 0 Å². The predicted octanol–water partition coefficient (Wildman–Crippen LogP) is 2.60. The zero-order chi connectivity index (χ0) is 12.7. The summed E-state index contributed by atoms with van der Waals surface area (Å²) in [7, 11) is 0. The first-order chi connectivity index (χ1) is 8.13. The number of hydrogen-bond acceptors (Lipinski definition) is 3. The van der Waals surface area contributed by atoms with Gasteiger partial charge in [-0.3, -0.25) is 0 Å². The molecule has 17 heavy (non-hydrogen) atoms. The zero-order valence-corrected chi connectivity index (χ0v) is 11.1. The van der Waals surface area contributed by atoms with E-state index in [1.807, 2.05) is 32.0 Å². The highest BCUT2D eigenvalue weighted by Gasteiger charge is 2.04. The van der Waals surface area contributed by atoms with Gasteiger partial charge in [0, 0.05) is 13.2 Å². The van der Waals surface area contributed by atoms with E-state index < -0.39 is 0 Å². The number of halogens is 1. The van der Waals surface area contributed by atoms with E-state index in [0.29, 0.717) is 5.02 Å². The Morgan fingerprint density at radius 2 is 2.18 bits per heavy atom. The lowest BCUT2D eigenvalue weighted by Crippen LogP contribution is -2.15. The molecule has 0 radical (unpaired) electrons. The van der Waals surface area contributed by atoms with Crippen molar-refractivity contribution in [1.82, 2.24) is 5.32 Å². The molecule has 0 aromatic heterocycles. The van der Waals surface area contributed by atoms with Crippen LogP contribution in [-0.2, 0) is 6.54 Å². The lowest BCUT2D eigenvalue weighted by atomic mass is 10.2. The highest BCUT2D eigenvalue weighted by atomic mass is 35.5. The van der Waals surface area contributed by atoms with Crippen molar-refractivity contribution in [3.8, 4) is 5.75 Å². The molecule has 0 aliphatic rings. The number of aliphatic hydroxyl groups is 1. The summed E-state index contributed by atoms with van der Waals surface area (Å²) in [6.07, 6.45) is 0.892. The van der Waals surface area contributed by atoms with Crippen molar-refractivity contribution >= 4 is 11.6 Å². The van der Waals surface area contributed by atoms with Crippen LogP contribution < -0.4 is 10.1 Å². The Balaban J connectivity index is 2.50. The molecule has 0 spiro atoms. The van der Waals surface area contributed by atoms with Gasteiger partial charge in [-0.1, -0.05) is 17.7 Å². The molecule has 0 atom stereocenters. The number of aliphatic hydroxyl groups excluding tert-OH is 1. The molecule has 0 saturated heterocycles. The Bertz CT molecular complexity index is 342. The fraction of sp³-hybridized carbons (Fsp3) is 0.538. The van der Waals surface area contributed by atoms with Crippen LogP contribution in [0.15, 0.2) is 18.2 Å². The fourth-order valence-electron chi connectivity index (χ4n) is 1.44. The highest BCUT2D eigenvalue weighted by molar-refractivity contribution is 6.32. The second kappa shape index (κ2) is 7.54. The standard InChI is InChI=1S/C13H20ClNO2/c1-10(2)17-13-5-4-11(8-12(13)14)9-15-6-3-7-16/h4-5,8,10,15-16H,3,6-7,9H2,1-2H3. The Morgan fingerprint density at radius 1 is 1.41 bits per heavy atom. The number of nitrogens with one attached hydrogen (secondary N) is 1. The maximum absolute atomic E-state index is 8.65. The third kappa shape index (κ3) is 5.39. The van der Waals surface area contributed by atoms with Crippen LogP contribution in [0.1, 0.15) is 25.8 Å². The third-order valence-electron chi connectivity index (χ3n) is 2.20. The summed E-state index contributed by atoms with van der Waals surface area (Å²) in [6, 6.07) is 5.80. The van der Waals surface area contributed by atoms with Gasteiger partial charge in [0.2, 0.25) is 0 Å². The van der Waals surface area contributed by atoms with Crippen LogP contribution in [0.4, 0.5) is 0 Å². The molecule has 0 fully saturated rings. The topological polar surface area (TPSA) is 41.5 Å². The normalized spacial score (nSPS) is 10.9. The molecular weight excluding hydrogens is 238 g/mol. The van der Waals surface area contributed by atoms with Crippen LogP contribution >= 0.6 is 11.6 Å². The summed E-state index contributed by atoms with van der Waals surface area (Å²) < 4.78 is 5.56. The number of hydrogen-bond donors (Lipinski definition) is 2. The van der Waals surface area contributed by atoms with Gasteiger partial charge in [-0.2, -0.15) is 0 Å². The second-order valence-corrected chi connectivity index (χ2v) is 4.59. The zero-order valence-electron chi connectivity index (χ0n) is 10.4. The SMILES string of the molecule is CC(C)Oc1ccc(CNCCCO)cc1Cl. The summed E-state index contributed by atoms with van der Waals surface area (Å²) >= 11 is 6.12. The van der Waals surface area contributed by atoms with Crippen LogP contribution in [0.3, 0.4) is 0 Å². The van der Waals surface area contributed by atoms with Gasteiger partial charge < -0.3 is 15.2 Å². The van der Waals surface area contributed by atoms with E-state index in [2.05, 4.69) is 5.32 Å². The Kier molecular flexibility index (Phi) is 6.34. The third-order valence-corrected chi connectivity index (χ3v) is 2.50. The molecule has 0 amide bonds. The molecule has 0 heterocycles. The maximum atomic E-state index is 8.65. The predicted molar refractivity (Wildman–Crippen MR) is 70.6 cm³/mol. The minimum absolute atomic E-state index is 0.126. The fourth-order valence-corrected chi connectivity index (χ4v) is 1.69. The van der Waals surface area contributed by atoms with E-state index in [0.717, 1.165) is 30.8 Å². The van der Waals surface area contributed by atoms with E-state index in [1.165, 1.54) is 0 Å². The van der Waals surface area contributed by atoms with Gasteiger partial charge in [0.05, 0.1) is 11.1 Å². The van der Waals surface area contributed by atoms with Gasteiger partial charge in [-0.25, -0.2) is 0 Å². The molecule has 4 heteroatoms. The molecule has 1 aromatic rings. The second-order valence-electron chi connectivity index (χ2n) is 4.19. The number of ether oxygens (including phenoxy) is 1. The summed E-state index contributed by atoms with van der Waals surface area (Å²) in [5.74, 6) is 0.723. The van der Waals surface area contributed by atoms with Crippen molar-refractivity contribution < 1.29 is 9.84 Å². The lowest BCUT2D eigenvalue weighted by Gasteiger charge is -2.12. The van der Waals surface area contributed by atoms with E-state index in [9.17, 15) is 0 Å². The van der Waals surface area contributed by atoms with Gasteiger partial charge in [-0.05, 0) is 44.5 Å². The van der Waals surface area contributed by atoms with Crippen molar-refractivity contribution in [2.75, 3.05) is 13.2 Å². The van der Waals surface area contributed by atoms with Gasteiger partial charge in [0.15, 0.2) is 0 Å². The van der Waals surface area contributed by atoms with Gasteiger partial charge in [0.1, 0.15) is 5.75 Å². The molecule has 1 aromatic carbocycles. The first-order valence-corrected chi connectivity index (χ1v) is 6.28. The maximum Gasteiger partial charge on any atom is 0.138 e. The minimum Gasteiger partial charge on any atom is -0.489 e. The highest BCUT2D eigenvalue weighted by Crippen LogP contribution is 2.26. The molecule has 2 N–H and O–H groups in total. The number of benzene rings is 1. The lowest BCUT2D eigenvalue weighted by molar-refractivity contribution is 0.242. The molecular formula is C13H20ClNO2. The van der Waals surface area contributed by atoms with Crippen molar-refractivity contribution in [2.24, 2.45) is 0 Å². The Hall–Kier alpha value is -0.770. The summed E-state index contributed by atoms with van der Waals surface area (Å²) in [4.78, 5) is 0. The molecule has 0 aliphatic carbocycles. The average molecular weight is 258 g/mol. The van der Waals surface area contributed by atoms with Gasteiger partial charge >= 0.3 is 0 Å². The average Bonchev–Trinajstić information content (AvgIpc) is 2.27. The molecule has 0 aliphatic heterocycles. The first kappa shape index (κ1) is 14.3. The minimum atomic E-state index is 0.126. The smallest absolute Gasteiger partial charge is 0.138 e. The van der Waals surface area contributed by atoms with Crippen LogP contribution in [0.5, 0.6) is 5.75 Å². The molecule has 96 valence electrons. The molecule has 0 unspecified atom stereocenters. The summed E-state index contributed by atoms with van der Waals surface area (Å²) in [6.45, 7) is 5.72. The Morgan fingerprint density at radius 3 is 2.76 bits per heavy atom. The van der Waals surface area contributed by atoms with E-state index in [-0.39, 0.29) is 12.7 Å². The first-order valence-electron chi connectivity index (χ1n) is 5.90. The quantitative estimate of drug-likeness (QED) is 0.738. The van der Waals surface area contributed by atoms with Crippen molar-refractivity contribution in [3.63, 3.8) is 0 Å². The van der Waals surface area contributed by atoms with E-state index >= 15 is 0 Å². The van der Waals surface area contributed by atoms with E-state index in [1.54, 1.807) is 0 Å². The van der Waals surface area contributed by atoms with Crippen molar-refractivity contribution in [2.45, 2.75) is 32.9 Å². The monoisotopic (exact) mass is 257 g/mol. The van der Waals surface area contributed by atoms with Crippen LogP contribution in [0.2, 0.25) is 5.02 Å². The van der Waals surface area contributed by atoms with Crippen molar-refractivity contribution in [1.29, 1.82) is 0 Å². The molecule has 0 saturated carbocycles. The van der Waals surface area contributed by atoms with Crippen LogP contribution in [0.25, 0.3) is 0 Å². The van der Waals surface area contributed by atoms with E-state index in [4.69, 9.17) is 21.4 Å². The van der Waals surface area contributed by atoms with Crippen LogP contribution in [0, 0.1) is 0 Å².